The maximum absolute atomic E-state index is 10.5. The van der Waals surface area contributed by atoms with Crippen LogP contribution in [0.3, 0.4) is 0 Å². The lowest BCUT2D eigenvalue weighted by Gasteiger charge is -2.02. The van der Waals surface area contributed by atoms with Crippen LogP contribution in [0.15, 0.2) is 41.7 Å². The molecule has 0 fully saturated rings. The molecule has 2 aromatic rings. The summed E-state index contributed by atoms with van der Waals surface area (Å²) in [5.41, 5.74) is 2.53. The maximum Gasteiger partial charge on any atom is 0.187 e. The second-order valence-corrected chi connectivity index (χ2v) is 3.94. The van der Waals surface area contributed by atoms with E-state index in [1.807, 2.05) is 24.5 Å². The summed E-state index contributed by atoms with van der Waals surface area (Å²) in [5.74, 6) is 0. The second-order valence-electron chi connectivity index (χ2n) is 3.17. The van der Waals surface area contributed by atoms with Crippen LogP contribution in [0, 0.1) is 0 Å². The zero-order chi connectivity index (χ0) is 11.4. The highest BCUT2D eigenvalue weighted by Crippen LogP contribution is 2.19. The first kappa shape index (κ1) is 10.8. The Kier molecular flexibility index (Phi) is 3.31. The summed E-state index contributed by atoms with van der Waals surface area (Å²) in [4.78, 5) is 19.0. The molecule has 4 heteroatoms. The third-order valence-electron chi connectivity index (χ3n) is 2.16. The lowest BCUT2D eigenvalue weighted by molar-refractivity contribution is 0.112. The number of hydrogen-bond donors (Lipinski definition) is 0. The van der Waals surface area contributed by atoms with Gasteiger partial charge in [0.15, 0.2) is 5.16 Å². The lowest BCUT2D eigenvalue weighted by atomic mass is 10.1. The fraction of sp³-hybridized carbons (Fsp3) is 0.0833. The lowest BCUT2D eigenvalue weighted by Crippen LogP contribution is -1.89. The summed E-state index contributed by atoms with van der Waals surface area (Å²) in [6.07, 6.45) is 4.51. The maximum atomic E-state index is 10.5. The van der Waals surface area contributed by atoms with Gasteiger partial charge in [-0.05, 0) is 12.3 Å². The summed E-state index contributed by atoms with van der Waals surface area (Å²) in [6, 6.07) is 9.19. The number of nitrogens with zero attached hydrogens (tertiary/aromatic N) is 2. The smallest absolute Gasteiger partial charge is 0.187 e. The minimum Gasteiger partial charge on any atom is -0.298 e. The molecule has 1 aromatic heterocycles. The van der Waals surface area contributed by atoms with Crippen molar-refractivity contribution < 1.29 is 4.79 Å². The Morgan fingerprint density at radius 1 is 1.19 bits per heavy atom. The van der Waals surface area contributed by atoms with E-state index in [0.29, 0.717) is 5.56 Å². The molecule has 0 saturated carbocycles. The van der Waals surface area contributed by atoms with Crippen molar-refractivity contribution >= 4 is 18.0 Å². The molecule has 3 nitrogen and oxygen atoms in total. The van der Waals surface area contributed by atoms with Crippen LogP contribution < -0.4 is 0 Å². The van der Waals surface area contributed by atoms with Crippen molar-refractivity contribution in [3.63, 3.8) is 0 Å². The van der Waals surface area contributed by atoms with E-state index < -0.39 is 0 Å². The monoisotopic (exact) mass is 230 g/mol. The van der Waals surface area contributed by atoms with Crippen LogP contribution in [-0.2, 0) is 0 Å². The molecule has 0 aliphatic rings. The highest BCUT2D eigenvalue weighted by molar-refractivity contribution is 7.98. The Bertz CT molecular complexity index is 497. The summed E-state index contributed by atoms with van der Waals surface area (Å²) in [6.45, 7) is 0. The molecule has 0 radical (unpaired) electrons. The van der Waals surface area contributed by atoms with Crippen molar-refractivity contribution in [3.05, 3.63) is 42.1 Å². The number of rotatable bonds is 3. The first-order chi connectivity index (χ1) is 7.83. The fourth-order valence-corrected chi connectivity index (χ4v) is 1.69. The van der Waals surface area contributed by atoms with Crippen LogP contribution in [0.2, 0.25) is 0 Å². The summed E-state index contributed by atoms with van der Waals surface area (Å²) in [5, 5.41) is 0.747. The summed E-state index contributed by atoms with van der Waals surface area (Å²) in [7, 11) is 0. The van der Waals surface area contributed by atoms with Crippen LogP contribution in [0.1, 0.15) is 10.4 Å². The average molecular weight is 230 g/mol. The van der Waals surface area contributed by atoms with E-state index in [1.54, 1.807) is 18.3 Å². The van der Waals surface area contributed by atoms with E-state index in [9.17, 15) is 4.79 Å². The van der Waals surface area contributed by atoms with Gasteiger partial charge in [0.25, 0.3) is 0 Å². The van der Waals surface area contributed by atoms with E-state index >= 15 is 0 Å². The zero-order valence-corrected chi connectivity index (χ0v) is 9.57. The molecule has 0 spiro atoms. The van der Waals surface area contributed by atoms with Crippen molar-refractivity contribution in [2.75, 3.05) is 6.26 Å². The van der Waals surface area contributed by atoms with Crippen molar-refractivity contribution in [1.29, 1.82) is 0 Å². The number of thioether (sulfide) groups is 1. The van der Waals surface area contributed by atoms with Gasteiger partial charge in [0.2, 0.25) is 0 Å². The van der Waals surface area contributed by atoms with Crippen LogP contribution in [-0.4, -0.2) is 22.5 Å². The van der Waals surface area contributed by atoms with Gasteiger partial charge in [-0.2, -0.15) is 0 Å². The van der Waals surface area contributed by atoms with Crippen LogP contribution in [0.5, 0.6) is 0 Å². The third kappa shape index (κ3) is 2.28. The van der Waals surface area contributed by atoms with Gasteiger partial charge in [0, 0.05) is 17.3 Å². The van der Waals surface area contributed by atoms with E-state index in [1.165, 1.54) is 11.8 Å². The topological polar surface area (TPSA) is 42.9 Å². The van der Waals surface area contributed by atoms with Crippen LogP contribution >= 0.6 is 11.8 Å². The molecule has 80 valence electrons. The summed E-state index contributed by atoms with van der Waals surface area (Å²) >= 11 is 1.51. The number of carbonyl (C=O) groups excluding carboxylic acids is 1. The molecule has 1 heterocycles. The molecule has 0 unspecified atom stereocenters. The second kappa shape index (κ2) is 4.90. The zero-order valence-electron chi connectivity index (χ0n) is 8.75. The molecule has 0 atom stereocenters. The Morgan fingerprint density at radius 2 is 1.94 bits per heavy atom. The molecular weight excluding hydrogens is 220 g/mol. The molecular formula is C12H10N2OS. The first-order valence-electron chi connectivity index (χ1n) is 4.76. The molecule has 0 saturated heterocycles. The Morgan fingerprint density at radius 3 is 2.56 bits per heavy atom. The number of aromatic nitrogens is 2. The molecule has 0 N–H and O–H groups in total. The van der Waals surface area contributed by atoms with Gasteiger partial charge >= 0.3 is 0 Å². The number of hydrogen-bond acceptors (Lipinski definition) is 4. The SMILES string of the molecule is CSc1nccc(-c2ccc(C=O)cc2)n1. The third-order valence-corrected chi connectivity index (χ3v) is 2.72. The van der Waals surface area contributed by atoms with Crippen molar-refractivity contribution in [1.82, 2.24) is 9.97 Å². The van der Waals surface area contributed by atoms with Gasteiger partial charge in [0.1, 0.15) is 6.29 Å². The average Bonchev–Trinajstić information content (AvgIpc) is 2.39. The Labute approximate surface area is 97.9 Å². The van der Waals surface area contributed by atoms with E-state index in [2.05, 4.69) is 9.97 Å². The van der Waals surface area contributed by atoms with Gasteiger partial charge in [0.05, 0.1) is 5.69 Å². The highest BCUT2D eigenvalue weighted by atomic mass is 32.2. The summed E-state index contributed by atoms with van der Waals surface area (Å²) < 4.78 is 0. The largest absolute Gasteiger partial charge is 0.298 e. The number of carbonyl (C=O) groups is 1. The highest BCUT2D eigenvalue weighted by Gasteiger charge is 2.01. The van der Waals surface area contributed by atoms with E-state index in [-0.39, 0.29) is 0 Å². The number of benzene rings is 1. The minimum absolute atomic E-state index is 0.669. The minimum atomic E-state index is 0.669. The normalized spacial score (nSPS) is 10.1. The van der Waals surface area contributed by atoms with Crippen molar-refractivity contribution in [2.45, 2.75) is 5.16 Å². The quantitative estimate of drug-likeness (QED) is 0.462. The molecule has 0 bridgehead atoms. The molecule has 0 amide bonds. The van der Waals surface area contributed by atoms with E-state index in [4.69, 9.17) is 0 Å². The van der Waals surface area contributed by atoms with Gasteiger partial charge in [-0.1, -0.05) is 36.0 Å². The molecule has 0 aliphatic heterocycles. The van der Waals surface area contributed by atoms with Crippen molar-refractivity contribution in [3.8, 4) is 11.3 Å². The van der Waals surface area contributed by atoms with Gasteiger partial charge in [-0.15, -0.1) is 0 Å². The predicted octanol–water partition coefficient (Wildman–Crippen LogP) is 2.68. The first-order valence-corrected chi connectivity index (χ1v) is 5.98. The van der Waals surface area contributed by atoms with Crippen LogP contribution in [0.4, 0.5) is 0 Å². The van der Waals surface area contributed by atoms with E-state index in [0.717, 1.165) is 22.7 Å². The molecule has 1 aromatic carbocycles. The molecule has 16 heavy (non-hydrogen) atoms. The molecule has 0 aliphatic carbocycles. The number of aldehydes is 1. The Hall–Kier alpha value is -1.68. The van der Waals surface area contributed by atoms with Gasteiger partial charge in [-0.25, -0.2) is 9.97 Å². The Balaban J connectivity index is 2.38. The van der Waals surface area contributed by atoms with Crippen molar-refractivity contribution in [2.24, 2.45) is 0 Å². The molecule has 2 rings (SSSR count). The predicted molar refractivity (Wildman–Crippen MR) is 64.6 cm³/mol. The van der Waals surface area contributed by atoms with Gasteiger partial charge in [-0.3, -0.25) is 4.79 Å². The van der Waals surface area contributed by atoms with Gasteiger partial charge < -0.3 is 0 Å². The van der Waals surface area contributed by atoms with Crippen LogP contribution in [0.25, 0.3) is 11.3 Å². The standard InChI is InChI=1S/C12H10N2OS/c1-16-12-13-7-6-11(14-12)10-4-2-9(8-15)3-5-10/h2-8H,1H3. The fourth-order valence-electron chi connectivity index (χ4n) is 1.33.